The molecule has 4 atom stereocenters. The van der Waals surface area contributed by atoms with Crippen molar-refractivity contribution in [2.75, 3.05) is 12.9 Å². The van der Waals surface area contributed by atoms with E-state index in [1.807, 2.05) is 30.3 Å². The molecule has 1 heterocycles. The second-order valence-electron chi connectivity index (χ2n) is 6.51. The molecule has 0 unspecified atom stereocenters. The largest absolute Gasteiger partial charge is 0.463 e. The lowest BCUT2D eigenvalue weighted by molar-refractivity contribution is -0.247. The highest BCUT2D eigenvalue weighted by molar-refractivity contribution is 7.88. The highest BCUT2D eigenvalue weighted by Gasteiger charge is 2.43. The van der Waals surface area contributed by atoms with Crippen LogP contribution in [0, 0.1) is 0 Å². The lowest BCUT2D eigenvalue weighted by atomic mass is 9.99. The van der Waals surface area contributed by atoms with E-state index in [0.717, 1.165) is 11.8 Å². The summed E-state index contributed by atoms with van der Waals surface area (Å²) in [4.78, 5) is 22.7. The number of nitrogens with one attached hydrogen (secondary N) is 1. The Hall–Kier alpha value is -2.01. The molecule has 0 aromatic heterocycles. The first-order chi connectivity index (χ1) is 13.1. The van der Waals surface area contributed by atoms with E-state index in [-0.39, 0.29) is 19.6 Å². The monoisotopic (exact) mass is 415 g/mol. The molecule has 1 N–H and O–H groups in total. The number of hydrogen-bond acceptors (Lipinski definition) is 8. The van der Waals surface area contributed by atoms with E-state index < -0.39 is 46.5 Å². The van der Waals surface area contributed by atoms with Crippen molar-refractivity contribution < 1.29 is 37.0 Å². The average Bonchev–Trinajstić information content (AvgIpc) is 2.59. The number of carbonyl (C=O) groups is 2. The van der Waals surface area contributed by atoms with E-state index in [9.17, 15) is 18.0 Å². The lowest BCUT2D eigenvalue weighted by Crippen LogP contribution is -2.58. The summed E-state index contributed by atoms with van der Waals surface area (Å²) in [5, 5.41) is 0. The van der Waals surface area contributed by atoms with Crippen molar-refractivity contribution in [3.8, 4) is 0 Å². The maximum absolute atomic E-state index is 11.8. The van der Waals surface area contributed by atoms with E-state index in [0.29, 0.717) is 0 Å². The molecule has 1 saturated heterocycles. The third kappa shape index (κ3) is 7.55. The second kappa shape index (κ2) is 9.97. The van der Waals surface area contributed by atoms with Crippen molar-refractivity contribution in [1.29, 1.82) is 0 Å². The van der Waals surface area contributed by atoms with Gasteiger partial charge in [-0.2, -0.15) is 0 Å². The quantitative estimate of drug-likeness (QED) is 0.618. The fourth-order valence-corrected chi connectivity index (χ4v) is 3.65. The third-order valence-electron chi connectivity index (χ3n) is 3.93. The van der Waals surface area contributed by atoms with Gasteiger partial charge in [-0.15, -0.1) is 0 Å². The molecule has 0 bridgehead atoms. The van der Waals surface area contributed by atoms with E-state index in [2.05, 4.69) is 4.72 Å². The van der Waals surface area contributed by atoms with Gasteiger partial charge in [-0.05, 0) is 5.56 Å². The minimum atomic E-state index is -3.60. The van der Waals surface area contributed by atoms with Crippen LogP contribution in [0.5, 0.6) is 0 Å². The molecular weight excluding hydrogens is 390 g/mol. The van der Waals surface area contributed by atoms with Gasteiger partial charge < -0.3 is 18.9 Å². The Morgan fingerprint density at radius 2 is 1.86 bits per heavy atom. The molecule has 0 saturated carbocycles. The van der Waals surface area contributed by atoms with Gasteiger partial charge in [-0.1, -0.05) is 30.3 Å². The van der Waals surface area contributed by atoms with Crippen LogP contribution < -0.4 is 4.72 Å². The van der Waals surface area contributed by atoms with E-state index in [4.69, 9.17) is 18.9 Å². The predicted octanol–water partition coefficient (Wildman–Crippen LogP) is 0.731. The van der Waals surface area contributed by atoms with Gasteiger partial charge in [0.2, 0.25) is 10.0 Å². The number of ether oxygens (including phenoxy) is 4. The van der Waals surface area contributed by atoms with Crippen molar-refractivity contribution in [2.45, 2.75) is 51.4 Å². The maximum Gasteiger partial charge on any atom is 0.303 e. The molecule has 9 nitrogen and oxygen atoms in total. The molecule has 0 radical (unpaired) electrons. The predicted molar refractivity (Wildman–Crippen MR) is 98.5 cm³/mol. The van der Waals surface area contributed by atoms with Crippen LogP contribution in [0.4, 0.5) is 0 Å². The number of esters is 2. The maximum atomic E-state index is 11.8. The van der Waals surface area contributed by atoms with Crippen LogP contribution in [0.2, 0.25) is 0 Å². The normalized spacial score (nSPS) is 25.1. The van der Waals surface area contributed by atoms with E-state index >= 15 is 0 Å². The zero-order valence-electron chi connectivity index (χ0n) is 16.0. The highest BCUT2D eigenvalue weighted by Crippen LogP contribution is 2.26. The molecule has 10 heteroatoms. The first-order valence-electron chi connectivity index (χ1n) is 8.73. The summed E-state index contributed by atoms with van der Waals surface area (Å²) >= 11 is 0. The fraction of sp³-hybridized carbons (Fsp3) is 0.556. The molecule has 0 spiro atoms. The minimum absolute atomic E-state index is 0.119. The molecule has 0 amide bonds. The standard InChI is InChI=1S/C18H25NO8S/c1-12(20)24-11-16-18(26-13(2)21)15(19-28(3,22)23)9-17(27-16)25-10-14-7-5-4-6-8-14/h4-8,15-19H,9-11H2,1-3H3/t15-,16+,17-,18-/m0/s1. The summed E-state index contributed by atoms with van der Waals surface area (Å²) in [5.41, 5.74) is 0.914. The molecule has 1 fully saturated rings. The molecular formula is C18H25NO8S. The van der Waals surface area contributed by atoms with Crippen molar-refractivity contribution in [1.82, 2.24) is 4.72 Å². The molecule has 2 rings (SSSR count). The summed E-state index contributed by atoms with van der Waals surface area (Å²) < 4.78 is 47.8. The molecule has 1 aliphatic heterocycles. The number of rotatable bonds is 8. The Balaban J connectivity index is 2.16. The van der Waals surface area contributed by atoms with Gasteiger partial charge in [-0.3, -0.25) is 9.59 Å². The average molecular weight is 415 g/mol. The van der Waals surface area contributed by atoms with Gasteiger partial charge in [-0.25, -0.2) is 13.1 Å². The van der Waals surface area contributed by atoms with Crippen molar-refractivity contribution in [3.05, 3.63) is 35.9 Å². The van der Waals surface area contributed by atoms with Crippen LogP contribution in [0.1, 0.15) is 25.8 Å². The third-order valence-corrected chi connectivity index (χ3v) is 4.66. The SMILES string of the molecule is CC(=O)OC[C@H]1O[C@H](OCc2ccccc2)C[C@H](NS(C)(=O)=O)[C@@H]1OC(C)=O. The summed E-state index contributed by atoms with van der Waals surface area (Å²) in [5.74, 6) is -1.14. The Morgan fingerprint density at radius 3 is 2.43 bits per heavy atom. The topological polar surface area (TPSA) is 117 Å². The highest BCUT2D eigenvalue weighted by atomic mass is 32.2. The zero-order valence-corrected chi connectivity index (χ0v) is 16.8. The van der Waals surface area contributed by atoms with Crippen molar-refractivity contribution in [2.24, 2.45) is 0 Å². The van der Waals surface area contributed by atoms with Gasteiger partial charge in [0.1, 0.15) is 18.8 Å². The van der Waals surface area contributed by atoms with Crippen LogP contribution in [0.15, 0.2) is 30.3 Å². The Kier molecular flexibility index (Phi) is 7.93. The van der Waals surface area contributed by atoms with Crippen LogP contribution in [0.3, 0.4) is 0 Å². The zero-order chi connectivity index (χ0) is 20.7. The molecule has 156 valence electrons. The molecule has 0 aliphatic carbocycles. The number of sulfonamides is 1. The van der Waals surface area contributed by atoms with E-state index in [1.54, 1.807) is 0 Å². The molecule has 1 aliphatic rings. The minimum Gasteiger partial charge on any atom is -0.463 e. The smallest absolute Gasteiger partial charge is 0.303 e. The van der Waals surface area contributed by atoms with Crippen LogP contribution in [0.25, 0.3) is 0 Å². The van der Waals surface area contributed by atoms with Crippen LogP contribution in [-0.2, 0) is 45.2 Å². The number of carbonyl (C=O) groups excluding carboxylic acids is 2. The van der Waals surface area contributed by atoms with Gasteiger partial charge in [0.15, 0.2) is 6.29 Å². The summed E-state index contributed by atoms with van der Waals surface area (Å²) in [6, 6.07) is 8.59. The van der Waals surface area contributed by atoms with E-state index in [1.165, 1.54) is 13.8 Å². The number of hydrogen-bond donors (Lipinski definition) is 1. The molecule has 28 heavy (non-hydrogen) atoms. The fourth-order valence-electron chi connectivity index (χ4n) is 2.87. The van der Waals surface area contributed by atoms with Crippen molar-refractivity contribution >= 4 is 22.0 Å². The van der Waals surface area contributed by atoms with Gasteiger partial charge in [0, 0.05) is 20.3 Å². The summed E-state index contributed by atoms with van der Waals surface area (Å²) in [7, 11) is -3.60. The van der Waals surface area contributed by atoms with Gasteiger partial charge >= 0.3 is 11.9 Å². The van der Waals surface area contributed by atoms with Gasteiger partial charge in [0.25, 0.3) is 0 Å². The van der Waals surface area contributed by atoms with Crippen LogP contribution >= 0.6 is 0 Å². The number of benzene rings is 1. The summed E-state index contributed by atoms with van der Waals surface area (Å²) in [6.07, 6.45) is -1.51. The Labute approximate surface area is 164 Å². The second-order valence-corrected chi connectivity index (χ2v) is 8.29. The lowest BCUT2D eigenvalue weighted by Gasteiger charge is -2.40. The van der Waals surface area contributed by atoms with Crippen molar-refractivity contribution in [3.63, 3.8) is 0 Å². The first kappa shape index (κ1) is 22.3. The van der Waals surface area contributed by atoms with Gasteiger partial charge in [0.05, 0.1) is 18.9 Å². The molecule has 1 aromatic rings. The van der Waals surface area contributed by atoms with Crippen LogP contribution in [-0.4, -0.2) is 57.8 Å². The molecule has 1 aromatic carbocycles. The Morgan fingerprint density at radius 1 is 1.18 bits per heavy atom. The summed E-state index contributed by atoms with van der Waals surface area (Å²) in [6.45, 7) is 2.48. The Bertz CT molecular complexity index is 767. The first-order valence-corrected chi connectivity index (χ1v) is 10.6.